The van der Waals surface area contributed by atoms with E-state index in [-0.39, 0.29) is 0 Å². The molecule has 0 amide bonds. The van der Waals surface area contributed by atoms with Gasteiger partial charge in [-0.05, 0) is 30.7 Å². The highest BCUT2D eigenvalue weighted by Crippen LogP contribution is 2.20. The van der Waals surface area contributed by atoms with Crippen molar-refractivity contribution in [3.63, 3.8) is 0 Å². The van der Waals surface area contributed by atoms with E-state index >= 15 is 0 Å². The molecule has 0 spiro atoms. The zero-order chi connectivity index (χ0) is 11.4. The van der Waals surface area contributed by atoms with Crippen molar-refractivity contribution < 1.29 is 4.74 Å². The van der Waals surface area contributed by atoms with Crippen molar-refractivity contribution >= 4 is 6.08 Å². The van der Waals surface area contributed by atoms with E-state index < -0.39 is 0 Å². The summed E-state index contributed by atoms with van der Waals surface area (Å²) < 4.78 is 5.61. The Hall–Kier alpha value is -2.09. The quantitative estimate of drug-likeness (QED) is 0.769. The number of hydrogen-bond acceptors (Lipinski definition) is 2. The average Bonchev–Trinajstić information content (AvgIpc) is 2.30. The van der Waals surface area contributed by atoms with Gasteiger partial charge in [-0.3, -0.25) is 0 Å². The molecule has 0 bridgehead atoms. The van der Waals surface area contributed by atoms with Crippen LogP contribution in [0.15, 0.2) is 49.0 Å². The fourth-order valence-corrected chi connectivity index (χ4v) is 1.37. The Bertz CT molecular complexity index is 488. The lowest BCUT2D eigenvalue weighted by atomic mass is 10.2. The highest BCUT2D eigenvalue weighted by atomic mass is 16.5. The molecular weight excluding hydrogens is 198 g/mol. The van der Waals surface area contributed by atoms with Crippen LogP contribution >= 0.6 is 0 Å². The number of ether oxygens (including phenoxy) is 1. The number of benzene rings is 1. The van der Waals surface area contributed by atoms with E-state index in [0.29, 0.717) is 5.88 Å². The van der Waals surface area contributed by atoms with E-state index in [1.807, 2.05) is 49.4 Å². The third-order valence-corrected chi connectivity index (χ3v) is 2.20. The van der Waals surface area contributed by atoms with Gasteiger partial charge in [-0.15, -0.1) is 0 Å². The summed E-state index contributed by atoms with van der Waals surface area (Å²) in [4.78, 5) is 4.27. The first kappa shape index (κ1) is 10.4. The number of aryl methyl sites for hydroxylation is 1. The molecule has 1 aromatic heterocycles. The first-order valence-corrected chi connectivity index (χ1v) is 5.12. The molecular formula is C14H13NO. The molecule has 0 N–H and O–H groups in total. The minimum atomic E-state index is 0.617. The molecule has 2 nitrogen and oxygen atoms in total. The number of hydrogen-bond donors (Lipinski definition) is 0. The van der Waals surface area contributed by atoms with Gasteiger partial charge in [-0.25, -0.2) is 4.98 Å². The number of nitrogens with zero attached hydrogens (tertiary/aromatic N) is 1. The molecule has 0 aliphatic carbocycles. The van der Waals surface area contributed by atoms with E-state index in [1.54, 1.807) is 6.08 Å². The summed E-state index contributed by atoms with van der Waals surface area (Å²) in [6, 6.07) is 13.4. The van der Waals surface area contributed by atoms with Crippen LogP contribution < -0.4 is 4.74 Å². The standard InChI is InChI=1S/C14H13NO/c1-3-12-7-9-13(10-8-12)16-14-6-4-5-11(2)15-14/h3-10H,1H2,2H3. The van der Waals surface area contributed by atoms with Gasteiger partial charge in [-0.1, -0.05) is 30.9 Å². The maximum atomic E-state index is 5.61. The lowest BCUT2D eigenvalue weighted by molar-refractivity contribution is 0.461. The molecule has 1 aromatic carbocycles. The second-order valence-corrected chi connectivity index (χ2v) is 3.49. The molecule has 16 heavy (non-hydrogen) atoms. The Morgan fingerprint density at radius 3 is 2.50 bits per heavy atom. The van der Waals surface area contributed by atoms with Gasteiger partial charge in [-0.2, -0.15) is 0 Å². The largest absolute Gasteiger partial charge is 0.439 e. The molecule has 2 aromatic rings. The van der Waals surface area contributed by atoms with Crippen LogP contribution in [0.25, 0.3) is 6.08 Å². The van der Waals surface area contributed by atoms with Crippen molar-refractivity contribution in [2.24, 2.45) is 0 Å². The van der Waals surface area contributed by atoms with Crippen LogP contribution in [0.4, 0.5) is 0 Å². The van der Waals surface area contributed by atoms with Crippen LogP contribution in [-0.4, -0.2) is 4.98 Å². The molecule has 0 radical (unpaired) electrons. The number of aromatic nitrogens is 1. The molecule has 0 fully saturated rings. The second kappa shape index (κ2) is 4.62. The SMILES string of the molecule is C=Cc1ccc(Oc2cccc(C)n2)cc1. The molecule has 1 heterocycles. The lowest BCUT2D eigenvalue weighted by Crippen LogP contribution is -1.89. The van der Waals surface area contributed by atoms with E-state index in [0.717, 1.165) is 17.0 Å². The van der Waals surface area contributed by atoms with Crippen LogP contribution in [0, 0.1) is 6.92 Å². The highest BCUT2D eigenvalue weighted by Gasteiger charge is 1.98. The Balaban J connectivity index is 2.17. The first-order valence-electron chi connectivity index (χ1n) is 5.12. The van der Waals surface area contributed by atoms with Crippen molar-refractivity contribution in [3.8, 4) is 11.6 Å². The van der Waals surface area contributed by atoms with Crippen molar-refractivity contribution in [3.05, 3.63) is 60.3 Å². The smallest absolute Gasteiger partial charge is 0.219 e. The van der Waals surface area contributed by atoms with E-state index in [2.05, 4.69) is 11.6 Å². The van der Waals surface area contributed by atoms with Gasteiger partial charge >= 0.3 is 0 Å². The molecule has 0 saturated heterocycles. The van der Waals surface area contributed by atoms with Gasteiger partial charge in [0.15, 0.2) is 0 Å². The maximum absolute atomic E-state index is 5.61. The summed E-state index contributed by atoms with van der Waals surface area (Å²) in [6.45, 7) is 5.64. The fourth-order valence-electron chi connectivity index (χ4n) is 1.37. The van der Waals surface area contributed by atoms with Crippen LogP contribution in [0.3, 0.4) is 0 Å². The van der Waals surface area contributed by atoms with Crippen LogP contribution in [0.2, 0.25) is 0 Å². The molecule has 0 aliphatic rings. The van der Waals surface area contributed by atoms with Crippen LogP contribution in [0.5, 0.6) is 11.6 Å². The van der Waals surface area contributed by atoms with Crippen molar-refractivity contribution in [2.75, 3.05) is 0 Å². The summed E-state index contributed by atoms with van der Waals surface area (Å²) in [7, 11) is 0. The predicted octanol–water partition coefficient (Wildman–Crippen LogP) is 3.83. The maximum Gasteiger partial charge on any atom is 0.219 e. The van der Waals surface area contributed by atoms with E-state index in [9.17, 15) is 0 Å². The third kappa shape index (κ3) is 2.48. The van der Waals surface area contributed by atoms with Gasteiger partial charge in [0.2, 0.25) is 5.88 Å². The topological polar surface area (TPSA) is 22.1 Å². The van der Waals surface area contributed by atoms with Crippen molar-refractivity contribution in [2.45, 2.75) is 6.92 Å². The number of rotatable bonds is 3. The van der Waals surface area contributed by atoms with Crippen molar-refractivity contribution in [1.82, 2.24) is 4.98 Å². The monoisotopic (exact) mass is 211 g/mol. The molecule has 0 saturated carbocycles. The Morgan fingerprint density at radius 2 is 1.88 bits per heavy atom. The van der Waals surface area contributed by atoms with Crippen LogP contribution in [-0.2, 0) is 0 Å². The van der Waals surface area contributed by atoms with E-state index in [1.165, 1.54) is 0 Å². The zero-order valence-electron chi connectivity index (χ0n) is 9.18. The van der Waals surface area contributed by atoms with Crippen molar-refractivity contribution in [1.29, 1.82) is 0 Å². The average molecular weight is 211 g/mol. The third-order valence-electron chi connectivity index (χ3n) is 2.20. The predicted molar refractivity (Wildman–Crippen MR) is 65.6 cm³/mol. The minimum Gasteiger partial charge on any atom is -0.439 e. The summed E-state index contributed by atoms with van der Waals surface area (Å²) in [5.41, 5.74) is 2.02. The number of pyridine rings is 1. The minimum absolute atomic E-state index is 0.617. The van der Waals surface area contributed by atoms with Gasteiger partial charge < -0.3 is 4.74 Å². The molecule has 0 atom stereocenters. The summed E-state index contributed by atoms with van der Waals surface area (Å²) >= 11 is 0. The van der Waals surface area contributed by atoms with Crippen LogP contribution in [0.1, 0.15) is 11.3 Å². The van der Waals surface area contributed by atoms with Gasteiger partial charge in [0.1, 0.15) is 5.75 Å². The summed E-state index contributed by atoms with van der Waals surface area (Å²) in [6.07, 6.45) is 1.80. The Labute approximate surface area is 95.2 Å². The van der Waals surface area contributed by atoms with Gasteiger partial charge in [0.05, 0.1) is 0 Å². The fraction of sp³-hybridized carbons (Fsp3) is 0.0714. The first-order chi connectivity index (χ1) is 7.78. The Morgan fingerprint density at radius 1 is 1.12 bits per heavy atom. The Kier molecular flexibility index (Phi) is 3.01. The lowest BCUT2D eigenvalue weighted by Gasteiger charge is -2.05. The zero-order valence-corrected chi connectivity index (χ0v) is 9.18. The van der Waals surface area contributed by atoms with E-state index in [4.69, 9.17) is 4.74 Å². The molecule has 0 unspecified atom stereocenters. The highest BCUT2D eigenvalue weighted by molar-refractivity contribution is 5.48. The van der Waals surface area contributed by atoms with Gasteiger partial charge in [0, 0.05) is 11.8 Å². The van der Waals surface area contributed by atoms with Gasteiger partial charge in [0.25, 0.3) is 0 Å². The molecule has 0 aliphatic heterocycles. The second-order valence-electron chi connectivity index (χ2n) is 3.49. The molecule has 2 rings (SSSR count). The summed E-state index contributed by atoms with van der Waals surface area (Å²) in [5, 5.41) is 0. The summed E-state index contributed by atoms with van der Waals surface area (Å²) in [5.74, 6) is 1.40. The normalized spacial score (nSPS) is 9.81. The molecule has 2 heteroatoms. The molecule has 80 valence electrons.